The van der Waals surface area contributed by atoms with Crippen LogP contribution < -0.4 is 14.8 Å². The van der Waals surface area contributed by atoms with Crippen LogP contribution in [0.5, 0.6) is 11.5 Å². The SMILES string of the molecule is COC[C@H](C)n1c(Cc2ccccc2)nnc1SCc1ccc(C(=O)NCc2ccc3c(c2)OCO3)cc1. The minimum absolute atomic E-state index is 0.104. The molecule has 1 aliphatic rings. The van der Waals surface area contributed by atoms with E-state index in [-0.39, 0.29) is 18.7 Å². The second kappa shape index (κ2) is 12.1. The van der Waals surface area contributed by atoms with Crippen LogP contribution in [-0.2, 0) is 23.5 Å². The van der Waals surface area contributed by atoms with E-state index >= 15 is 0 Å². The number of nitrogens with one attached hydrogen (secondary N) is 1. The third-order valence-corrected chi connectivity index (χ3v) is 7.28. The lowest BCUT2D eigenvalue weighted by Gasteiger charge is -2.17. The van der Waals surface area contributed by atoms with Gasteiger partial charge in [0, 0.05) is 31.4 Å². The van der Waals surface area contributed by atoms with Gasteiger partial charge in [-0.3, -0.25) is 4.79 Å². The molecule has 1 N–H and O–H groups in total. The highest BCUT2D eigenvalue weighted by Gasteiger charge is 2.19. The van der Waals surface area contributed by atoms with Crippen LogP contribution in [0.3, 0.4) is 0 Å². The summed E-state index contributed by atoms with van der Waals surface area (Å²) in [5.41, 5.74) is 3.85. The third kappa shape index (κ3) is 6.17. The van der Waals surface area contributed by atoms with Gasteiger partial charge >= 0.3 is 0 Å². The molecule has 0 spiro atoms. The van der Waals surface area contributed by atoms with Gasteiger partial charge in [-0.25, -0.2) is 0 Å². The molecule has 9 heteroatoms. The number of benzene rings is 3. The van der Waals surface area contributed by atoms with Crippen molar-refractivity contribution in [2.24, 2.45) is 0 Å². The number of thioether (sulfide) groups is 1. The predicted octanol–water partition coefficient (Wildman–Crippen LogP) is 5.03. The Morgan fingerprint density at radius 2 is 1.76 bits per heavy atom. The molecule has 0 fully saturated rings. The Labute approximate surface area is 226 Å². The molecule has 0 saturated heterocycles. The number of amides is 1. The number of hydrogen-bond acceptors (Lipinski definition) is 7. The van der Waals surface area contributed by atoms with Crippen LogP contribution in [-0.4, -0.2) is 41.2 Å². The van der Waals surface area contributed by atoms with Gasteiger partial charge in [0.25, 0.3) is 5.91 Å². The summed E-state index contributed by atoms with van der Waals surface area (Å²) in [7, 11) is 1.71. The number of hydrogen-bond donors (Lipinski definition) is 1. The Hall–Kier alpha value is -3.82. The smallest absolute Gasteiger partial charge is 0.251 e. The highest BCUT2D eigenvalue weighted by atomic mass is 32.2. The van der Waals surface area contributed by atoms with Crippen molar-refractivity contribution in [1.29, 1.82) is 0 Å². The predicted molar refractivity (Wildman–Crippen MR) is 146 cm³/mol. The summed E-state index contributed by atoms with van der Waals surface area (Å²) >= 11 is 1.63. The van der Waals surface area contributed by atoms with E-state index in [1.165, 1.54) is 5.56 Å². The van der Waals surface area contributed by atoms with Crippen molar-refractivity contribution in [3.8, 4) is 11.5 Å². The molecule has 0 bridgehead atoms. The molecule has 1 aliphatic heterocycles. The van der Waals surface area contributed by atoms with E-state index in [0.29, 0.717) is 36.6 Å². The van der Waals surface area contributed by atoms with E-state index in [1.54, 1.807) is 18.9 Å². The fourth-order valence-electron chi connectivity index (χ4n) is 4.30. The quantitative estimate of drug-likeness (QED) is 0.272. The molecule has 0 aliphatic carbocycles. The van der Waals surface area contributed by atoms with Gasteiger partial charge in [0.1, 0.15) is 5.82 Å². The van der Waals surface area contributed by atoms with Crippen molar-refractivity contribution in [2.75, 3.05) is 20.5 Å². The fourth-order valence-corrected chi connectivity index (χ4v) is 5.31. The van der Waals surface area contributed by atoms with Gasteiger partial charge in [-0.15, -0.1) is 10.2 Å². The van der Waals surface area contributed by atoms with Crippen molar-refractivity contribution in [3.05, 3.63) is 101 Å². The van der Waals surface area contributed by atoms with E-state index in [4.69, 9.17) is 14.2 Å². The molecule has 8 nitrogen and oxygen atoms in total. The zero-order chi connectivity index (χ0) is 26.3. The van der Waals surface area contributed by atoms with E-state index in [9.17, 15) is 4.79 Å². The van der Waals surface area contributed by atoms with Crippen LogP contribution in [0.15, 0.2) is 78.0 Å². The lowest BCUT2D eigenvalue weighted by molar-refractivity contribution is 0.0951. The van der Waals surface area contributed by atoms with Crippen LogP contribution in [0.1, 0.15) is 45.8 Å². The number of carbonyl (C=O) groups excluding carboxylic acids is 1. The highest BCUT2D eigenvalue weighted by Crippen LogP contribution is 2.32. The molecular weight excluding hydrogens is 500 g/mol. The Kier molecular flexibility index (Phi) is 8.25. The molecule has 196 valence electrons. The summed E-state index contributed by atoms with van der Waals surface area (Å²) in [4.78, 5) is 12.7. The summed E-state index contributed by atoms with van der Waals surface area (Å²) in [6.45, 7) is 3.33. The molecule has 2 heterocycles. The van der Waals surface area contributed by atoms with Gasteiger partial charge in [0.05, 0.1) is 12.6 Å². The monoisotopic (exact) mass is 530 g/mol. The molecule has 5 rings (SSSR count). The summed E-state index contributed by atoms with van der Waals surface area (Å²) < 4.78 is 18.3. The Balaban J connectivity index is 1.20. The van der Waals surface area contributed by atoms with E-state index in [1.807, 2.05) is 60.7 Å². The molecule has 0 radical (unpaired) electrons. The summed E-state index contributed by atoms with van der Waals surface area (Å²) in [5, 5.41) is 12.8. The topological polar surface area (TPSA) is 87.5 Å². The standard InChI is InChI=1S/C29H30N4O4S/c1-20(17-35-2)33-27(15-21-6-4-3-5-7-21)31-32-29(33)38-18-22-8-11-24(12-9-22)28(34)30-16-23-10-13-25-26(14-23)37-19-36-25/h3-14,20H,15-19H2,1-2H3,(H,30,34)/t20-/m0/s1. The molecule has 0 saturated carbocycles. The molecular formula is C29H30N4O4S. The van der Waals surface area contributed by atoms with Crippen LogP contribution in [0, 0.1) is 0 Å². The molecule has 3 aromatic carbocycles. The highest BCUT2D eigenvalue weighted by molar-refractivity contribution is 7.98. The first kappa shape index (κ1) is 25.8. The second-order valence-electron chi connectivity index (χ2n) is 9.09. The average molecular weight is 531 g/mol. The third-order valence-electron chi connectivity index (χ3n) is 6.26. The van der Waals surface area contributed by atoms with Crippen LogP contribution >= 0.6 is 11.8 Å². The first-order chi connectivity index (χ1) is 18.6. The maximum absolute atomic E-state index is 12.7. The molecule has 1 amide bonds. The Bertz CT molecular complexity index is 1380. The van der Waals surface area contributed by atoms with Gasteiger partial charge in [-0.05, 0) is 47.9 Å². The lowest BCUT2D eigenvalue weighted by Crippen LogP contribution is -2.22. The van der Waals surface area contributed by atoms with Gasteiger partial charge in [0.15, 0.2) is 16.7 Å². The minimum Gasteiger partial charge on any atom is -0.454 e. The summed E-state index contributed by atoms with van der Waals surface area (Å²) in [6.07, 6.45) is 0.707. The number of methoxy groups -OCH3 is 1. The maximum Gasteiger partial charge on any atom is 0.251 e. The van der Waals surface area contributed by atoms with Gasteiger partial charge in [0.2, 0.25) is 6.79 Å². The molecule has 38 heavy (non-hydrogen) atoms. The molecule has 0 unspecified atom stereocenters. The van der Waals surface area contributed by atoms with Crippen molar-refractivity contribution in [3.63, 3.8) is 0 Å². The van der Waals surface area contributed by atoms with Gasteiger partial charge in [-0.2, -0.15) is 0 Å². The zero-order valence-electron chi connectivity index (χ0n) is 21.4. The summed E-state index contributed by atoms with van der Waals surface area (Å²) in [6, 6.07) is 23.7. The van der Waals surface area contributed by atoms with Crippen molar-refractivity contribution in [2.45, 2.75) is 36.8 Å². The van der Waals surface area contributed by atoms with Crippen molar-refractivity contribution < 1.29 is 19.0 Å². The number of rotatable bonds is 11. The summed E-state index contributed by atoms with van der Waals surface area (Å²) in [5.74, 6) is 2.94. The first-order valence-electron chi connectivity index (χ1n) is 12.5. The van der Waals surface area contributed by atoms with E-state index in [0.717, 1.165) is 27.9 Å². The normalized spacial score (nSPS) is 12.9. The average Bonchev–Trinajstić information content (AvgIpc) is 3.58. The first-order valence-corrected chi connectivity index (χ1v) is 13.4. The number of fused-ring (bicyclic) bond motifs is 1. The number of ether oxygens (including phenoxy) is 3. The molecule has 1 atom stereocenters. The van der Waals surface area contributed by atoms with E-state index < -0.39 is 0 Å². The van der Waals surface area contributed by atoms with E-state index in [2.05, 4.69) is 39.1 Å². The fraction of sp³-hybridized carbons (Fsp3) is 0.276. The maximum atomic E-state index is 12.7. The van der Waals surface area contributed by atoms with Gasteiger partial charge in [-0.1, -0.05) is 60.3 Å². The molecule has 4 aromatic rings. The van der Waals surface area contributed by atoms with Crippen LogP contribution in [0.4, 0.5) is 0 Å². The Morgan fingerprint density at radius 1 is 1.00 bits per heavy atom. The van der Waals surface area contributed by atoms with Crippen molar-refractivity contribution >= 4 is 17.7 Å². The van der Waals surface area contributed by atoms with Crippen LogP contribution in [0.25, 0.3) is 0 Å². The number of carbonyl (C=O) groups is 1. The largest absolute Gasteiger partial charge is 0.454 e. The molecule has 1 aromatic heterocycles. The van der Waals surface area contributed by atoms with Gasteiger partial charge < -0.3 is 24.1 Å². The van der Waals surface area contributed by atoms with Crippen LogP contribution in [0.2, 0.25) is 0 Å². The van der Waals surface area contributed by atoms with Crippen molar-refractivity contribution in [1.82, 2.24) is 20.1 Å². The second-order valence-corrected chi connectivity index (χ2v) is 10.0. The number of aromatic nitrogens is 3. The lowest BCUT2D eigenvalue weighted by atomic mass is 10.1. The zero-order valence-corrected chi connectivity index (χ0v) is 22.2. The number of nitrogens with zero attached hydrogens (tertiary/aromatic N) is 3. The minimum atomic E-state index is -0.124. The Morgan fingerprint density at radius 3 is 2.55 bits per heavy atom.